The molecular formula is C13H13BrFNS. The highest BCUT2D eigenvalue weighted by Gasteiger charge is 2.10. The molecule has 0 spiro atoms. The molecule has 1 aromatic heterocycles. The molecule has 0 aliphatic heterocycles. The number of halogens is 2. The van der Waals surface area contributed by atoms with Crippen molar-refractivity contribution in [2.75, 3.05) is 6.54 Å². The maximum Gasteiger partial charge on any atom is 0.123 e. The lowest BCUT2D eigenvalue weighted by molar-refractivity contribution is 0.626. The van der Waals surface area contributed by atoms with E-state index in [2.05, 4.69) is 28.2 Å². The van der Waals surface area contributed by atoms with Crippen molar-refractivity contribution in [3.63, 3.8) is 0 Å². The van der Waals surface area contributed by atoms with Crippen LogP contribution in [0.3, 0.4) is 0 Å². The van der Waals surface area contributed by atoms with E-state index in [1.165, 1.54) is 6.07 Å². The van der Waals surface area contributed by atoms with E-state index < -0.39 is 0 Å². The first-order valence-corrected chi connectivity index (χ1v) is 7.12. The molecule has 0 radical (unpaired) electrons. The standard InChI is InChI=1S/C13H13BrFNS/c1-2-16-8-9-3-4-10(15)7-11(9)13-12(14)5-6-17-13/h3-7,16H,2,8H2,1H3. The van der Waals surface area contributed by atoms with Gasteiger partial charge in [-0.1, -0.05) is 13.0 Å². The van der Waals surface area contributed by atoms with Crippen LogP contribution < -0.4 is 5.32 Å². The lowest BCUT2D eigenvalue weighted by atomic mass is 10.1. The maximum atomic E-state index is 13.4. The van der Waals surface area contributed by atoms with Crippen molar-refractivity contribution < 1.29 is 4.39 Å². The highest BCUT2D eigenvalue weighted by Crippen LogP contribution is 2.35. The van der Waals surface area contributed by atoms with Crippen LogP contribution in [0.2, 0.25) is 0 Å². The Morgan fingerprint density at radius 1 is 1.35 bits per heavy atom. The Morgan fingerprint density at radius 2 is 2.18 bits per heavy atom. The van der Waals surface area contributed by atoms with E-state index in [0.29, 0.717) is 0 Å². The first kappa shape index (κ1) is 12.7. The van der Waals surface area contributed by atoms with Crippen molar-refractivity contribution in [1.82, 2.24) is 5.32 Å². The summed E-state index contributed by atoms with van der Waals surface area (Å²) < 4.78 is 14.4. The van der Waals surface area contributed by atoms with Crippen LogP contribution in [-0.2, 0) is 6.54 Å². The zero-order chi connectivity index (χ0) is 12.3. The van der Waals surface area contributed by atoms with Crippen molar-refractivity contribution in [3.8, 4) is 10.4 Å². The van der Waals surface area contributed by atoms with Gasteiger partial charge in [-0.3, -0.25) is 0 Å². The molecule has 2 aromatic rings. The molecule has 2 rings (SSSR count). The van der Waals surface area contributed by atoms with Crippen LogP contribution in [0.1, 0.15) is 12.5 Å². The van der Waals surface area contributed by atoms with Crippen LogP contribution in [0, 0.1) is 5.82 Å². The van der Waals surface area contributed by atoms with Crippen molar-refractivity contribution in [3.05, 3.63) is 45.5 Å². The first-order chi connectivity index (χ1) is 8.22. The molecule has 0 atom stereocenters. The average molecular weight is 314 g/mol. The normalized spacial score (nSPS) is 10.8. The highest BCUT2D eigenvalue weighted by molar-refractivity contribution is 9.10. The summed E-state index contributed by atoms with van der Waals surface area (Å²) in [5, 5.41) is 5.27. The first-order valence-electron chi connectivity index (χ1n) is 5.45. The van der Waals surface area contributed by atoms with E-state index in [1.807, 2.05) is 17.5 Å². The van der Waals surface area contributed by atoms with Gasteiger partial charge >= 0.3 is 0 Å². The Labute approximate surface area is 113 Å². The third-order valence-electron chi connectivity index (χ3n) is 2.50. The fourth-order valence-corrected chi connectivity index (χ4v) is 3.30. The molecule has 1 aromatic carbocycles. The van der Waals surface area contributed by atoms with E-state index in [9.17, 15) is 4.39 Å². The molecule has 0 saturated heterocycles. The minimum absolute atomic E-state index is 0.194. The Bertz CT molecular complexity index is 510. The van der Waals surface area contributed by atoms with Crippen molar-refractivity contribution >= 4 is 27.3 Å². The van der Waals surface area contributed by atoms with Crippen LogP contribution in [0.25, 0.3) is 10.4 Å². The summed E-state index contributed by atoms with van der Waals surface area (Å²) >= 11 is 5.12. The molecule has 4 heteroatoms. The van der Waals surface area contributed by atoms with E-state index in [0.717, 1.165) is 33.6 Å². The summed E-state index contributed by atoms with van der Waals surface area (Å²) in [6.07, 6.45) is 0. The summed E-state index contributed by atoms with van der Waals surface area (Å²) in [6, 6.07) is 6.95. The van der Waals surface area contributed by atoms with Crippen molar-refractivity contribution in [2.45, 2.75) is 13.5 Å². The zero-order valence-corrected chi connectivity index (χ0v) is 11.9. The summed E-state index contributed by atoms with van der Waals surface area (Å²) in [5.41, 5.74) is 2.09. The van der Waals surface area contributed by atoms with Gasteiger partial charge in [0.2, 0.25) is 0 Å². The van der Waals surface area contributed by atoms with Gasteiger partial charge in [0.05, 0.1) is 0 Å². The van der Waals surface area contributed by atoms with E-state index in [4.69, 9.17) is 0 Å². The largest absolute Gasteiger partial charge is 0.313 e. The zero-order valence-electron chi connectivity index (χ0n) is 9.47. The molecule has 0 saturated carbocycles. The van der Waals surface area contributed by atoms with Crippen LogP contribution in [0.5, 0.6) is 0 Å². The van der Waals surface area contributed by atoms with Gasteiger partial charge in [0.25, 0.3) is 0 Å². The molecule has 1 N–H and O–H groups in total. The van der Waals surface area contributed by atoms with Crippen molar-refractivity contribution in [1.29, 1.82) is 0 Å². The number of thiophene rings is 1. The number of hydrogen-bond acceptors (Lipinski definition) is 2. The third-order valence-corrected chi connectivity index (χ3v) is 4.37. The lowest BCUT2D eigenvalue weighted by Crippen LogP contribution is -2.12. The van der Waals surface area contributed by atoms with Gasteiger partial charge in [-0.25, -0.2) is 4.39 Å². The van der Waals surface area contributed by atoms with Crippen LogP contribution in [0.4, 0.5) is 4.39 Å². The Morgan fingerprint density at radius 3 is 2.82 bits per heavy atom. The summed E-state index contributed by atoms with van der Waals surface area (Å²) in [5.74, 6) is -0.194. The number of benzene rings is 1. The van der Waals surface area contributed by atoms with E-state index in [-0.39, 0.29) is 5.82 Å². The van der Waals surface area contributed by atoms with Gasteiger partial charge < -0.3 is 5.32 Å². The third kappa shape index (κ3) is 2.94. The topological polar surface area (TPSA) is 12.0 Å². The monoisotopic (exact) mass is 313 g/mol. The van der Waals surface area contributed by atoms with Crippen LogP contribution in [0.15, 0.2) is 34.1 Å². The molecule has 0 unspecified atom stereocenters. The minimum atomic E-state index is -0.194. The maximum absolute atomic E-state index is 13.4. The van der Waals surface area contributed by atoms with Gasteiger partial charge in [-0.05, 0) is 51.6 Å². The predicted molar refractivity (Wildman–Crippen MR) is 74.8 cm³/mol. The molecule has 0 aliphatic rings. The molecule has 0 amide bonds. The van der Waals surface area contributed by atoms with Crippen LogP contribution >= 0.6 is 27.3 Å². The van der Waals surface area contributed by atoms with Gasteiger partial charge in [-0.15, -0.1) is 11.3 Å². The van der Waals surface area contributed by atoms with E-state index >= 15 is 0 Å². The number of nitrogens with one attached hydrogen (secondary N) is 1. The SMILES string of the molecule is CCNCc1ccc(F)cc1-c1sccc1Br. The quantitative estimate of drug-likeness (QED) is 0.880. The predicted octanol–water partition coefficient (Wildman–Crippen LogP) is 4.43. The van der Waals surface area contributed by atoms with Crippen molar-refractivity contribution in [2.24, 2.45) is 0 Å². The minimum Gasteiger partial charge on any atom is -0.313 e. The lowest BCUT2D eigenvalue weighted by Gasteiger charge is -2.09. The molecule has 17 heavy (non-hydrogen) atoms. The molecule has 0 bridgehead atoms. The second kappa shape index (κ2) is 5.76. The van der Waals surface area contributed by atoms with Gasteiger partial charge in [0.15, 0.2) is 0 Å². The van der Waals surface area contributed by atoms with Crippen LogP contribution in [-0.4, -0.2) is 6.54 Å². The number of rotatable bonds is 4. The van der Waals surface area contributed by atoms with Gasteiger partial charge in [0.1, 0.15) is 5.82 Å². The fourth-order valence-electron chi connectivity index (χ4n) is 1.66. The Kier molecular flexibility index (Phi) is 4.31. The molecular weight excluding hydrogens is 301 g/mol. The summed E-state index contributed by atoms with van der Waals surface area (Å²) in [6.45, 7) is 3.73. The van der Waals surface area contributed by atoms with E-state index in [1.54, 1.807) is 17.4 Å². The number of hydrogen-bond donors (Lipinski definition) is 1. The summed E-state index contributed by atoms with van der Waals surface area (Å²) in [7, 11) is 0. The molecule has 0 fully saturated rings. The van der Waals surface area contributed by atoms with Gasteiger partial charge in [-0.2, -0.15) is 0 Å². The molecule has 0 aliphatic carbocycles. The smallest absolute Gasteiger partial charge is 0.123 e. The average Bonchev–Trinajstić information content (AvgIpc) is 2.74. The second-order valence-corrected chi connectivity index (χ2v) is 5.45. The van der Waals surface area contributed by atoms with Gasteiger partial charge in [0, 0.05) is 21.5 Å². The Hall–Kier alpha value is -0.710. The Balaban J connectivity index is 2.43. The summed E-state index contributed by atoms with van der Waals surface area (Å²) in [4.78, 5) is 1.08. The second-order valence-electron chi connectivity index (χ2n) is 3.68. The fraction of sp³-hybridized carbons (Fsp3) is 0.231. The molecule has 1 heterocycles. The molecule has 90 valence electrons. The highest BCUT2D eigenvalue weighted by atomic mass is 79.9. The molecule has 1 nitrogen and oxygen atoms in total.